The molecule has 3 aromatic rings. The number of nitrogens with one attached hydrogen (secondary N) is 2. The van der Waals surface area contributed by atoms with Crippen LogP contribution in [0.5, 0.6) is 0 Å². The lowest BCUT2D eigenvalue weighted by Gasteiger charge is -2.07. The van der Waals surface area contributed by atoms with E-state index in [2.05, 4.69) is 25.1 Å². The molecule has 0 saturated carbocycles. The van der Waals surface area contributed by atoms with Gasteiger partial charge >= 0.3 is 0 Å². The highest BCUT2D eigenvalue weighted by atomic mass is 32.2. The highest BCUT2D eigenvalue weighted by Gasteiger charge is 2.25. The Morgan fingerprint density at radius 3 is 3.00 bits per heavy atom. The van der Waals surface area contributed by atoms with Crippen LogP contribution in [0.3, 0.4) is 0 Å². The number of hydrazine groups is 1. The number of sulfonamides is 1. The van der Waals surface area contributed by atoms with Gasteiger partial charge in [0.05, 0.1) is 12.2 Å². The number of fused-ring (bicyclic) bond motifs is 1. The van der Waals surface area contributed by atoms with Crippen LogP contribution in [0, 0.1) is 0 Å². The predicted octanol–water partition coefficient (Wildman–Crippen LogP) is -0.0501. The van der Waals surface area contributed by atoms with E-state index in [0.29, 0.717) is 10.7 Å². The van der Waals surface area contributed by atoms with E-state index >= 15 is 0 Å². The Bertz CT molecular complexity index is 856. The standard InChI is InChI=1S/C10H11N7O2S2/c11-16-8-9(17-3-4-20-10(17)15-8)21(18,19)14-5-7-1-2-12-6-13-7/h1-4,6,14,16H,5,11H2. The van der Waals surface area contributed by atoms with Gasteiger partial charge in [-0.3, -0.25) is 4.40 Å². The number of aromatic nitrogens is 4. The third-order valence-corrected chi connectivity index (χ3v) is 4.88. The molecule has 21 heavy (non-hydrogen) atoms. The van der Waals surface area contributed by atoms with E-state index in [0.717, 1.165) is 0 Å². The van der Waals surface area contributed by atoms with E-state index in [1.807, 2.05) is 0 Å². The van der Waals surface area contributed by atoms with E-state index in [9.17, 15) is 8.42 Å². The summed E-state index contributed by atoms with van der Waals surface area (Å²) in [6.07, 6.45) is 4.51. The molecule has 0 radical (unpaired) electrons. The second-order valence-corrected chi connectivity index (χ2v) is 6.55. The Morgan fingerprint density at radius 2 is 2.29 bits per heavy atom. The Balaban J connectivity index is 1.94. The minimum Gasteiger partial charge on any atom is -0.306 e. The van der Waals surface area contributed by atoms with E-state index < -0.39 is 10.0 Å². The molecule has 0 amide bonds. The van der Waals surface area contributed by atoms with Gasteiger partial charge in [-0.15, -0.1) is 11.3 Å². The second-order valence-electron chi connectivity index (χ2n) is 3.99. The second kappa shape index (κ2) is 5.37. The summed E-state index contributed by atoms with van der Waals surface area (Å²) in [5, 5.41) is 1.71. The van der Waals surface area contributed by atoms with Gasteiger partial charge in [0.25, 0.3) is 10.0 Å². The van der Waals surface area contributed by atoms with Crippen LogP contribution < -0.4 is 16.0 Å². The molecule has 0 bridgehead atoms. The van der Waals surface area contributed by atoms with Crippen molar-refractivity contribution in [1.29, 1.82) is 0 Å². The fourth-order valence-corrected chi connectivity index (χ4v) is 3.79. The smallest absolute Gasteiger partial charge is 0.260 e. The van der Waals surface area contributed by atoms with Crippen LogP contribution in [0.25, 0.3) is 4.96 Å². The largest absolute Gasteiger partial charge is 0.306 e. The summed E-state index contributed by atoms with van der Waals surface area (Å²) in [6, 6.07) is 1.63. The maximum Gasteiger partial charge on any atom is 0.260 e. The van der Waals surface area contributed by atoms with Crippen LogP contribution in [0.2, 0.25) is 0 Å². The fourth-order valence-electron chi connectivity index (χ4n) is 1.78. The summed E-state index contributed by atoms with van der Waals surface area (Å²) in [7, 11) is -3.80. The van der Waals surface area contributed by atoms with Gasteiger partial charge in [0.1, 0.15) is 6.33 Å². The van der Waals surface area contributed by atoms with Crippen LogP contribution in [-0.4, -0.2) is 27.8 Å². The number of anilines is 1. The average molecular weight is 325 g/mol. The first-order valence-corrected chi connectivity index (χ1v) is 8.15. The van der Waals surface area contributed by atoms with Gasteiger partial charge in [0, 0.05) is 17.8 Å². The van der Waals surface area contributed by atoms with Crippen molar-refractivity contribution in [3.8, 4) is 0 Å². The molecule has 0 unspecified atom stereocenters. The highest BCUT2D eigenvalue weighted by molar-refractivity contribution is 7.89. The van der Waals surface area contributed by atoms with Gasteiger partial charge in [-0.25, -0.2) is 29.0 Å². The summed E-state index contributed by atoms with van der Waals surface area (Å²) < 4.78 is 28.8. The minimum atomic E-state index is -3.80. The van der Waals surface area contributed by atoms with Gasteiger partial charge in [-0.05, 0) is 6.07 Å². The zero-order valence-electron chi connectivity index (χ0n) is 10.6. The van der Waals surface area contributed by atoms with Gasteiger partial charge < -0.3 is 5.43 Å². The summed E-state index contributed by atoms with van der Waals surface area (Å²) in [5.74, 6) is 5.44. The van der Waals surface area contributed by atoms with Crippen LogP contribution in [-0.2, 0) is 16.6 Å². The van der Waals surface area contributed by atoms with Crippen molar-refractivity contribution < 1.29 is 8.42 Å². The van der Waals surface area contributed by atoms with Gasteiger partial charge in [-0.1, -0.05) is 0 Å². The zero-order chi connectivity index (χ0) is 14.9. The Hall–Kier alpha value is -2.08. The Labute approximate surface area is 123 Å². The topological polar surface area (TPSA) is 127 Å². The molecular formula is C10H11N7O2S2. The number of hydrogen-bond donors (Lipinski definition) is 3. The molecule has 4 N–H and O–H groups in total. The van der Waals surface area contributed by atoms with Crippen LogP contribution in [0.15, 0.2) is 35.2 Å². The molecule has 0 atom stereocenters. The van der Waals surface area contributed by atoms with E-state index in [1.165, 1.54) is 22.1 Å². The molecule has 0 spiro atoms. The molecule has 0 aromatic carbocycles. The number of rotatable bonds is 5. The predicted molar refractivity (Wildman–Crippen MR) is 76.9 cm³/mol. The summed E-state index contributed by atoms with van der Waals surface area (Å²) in [6.45, 7) is 0.0479. The van der Waals surface area contributed by atoms with Crippen LogP contribution >= 0.6 is 11.3 Å². The monoisotopic (exact) mass is 325 g/mol. The Morgan fingerprint density at radius 1 is 1.43 bits per heavy atom. The average Bonchev–Trinajstić information content (AvgIpc) is 3.06. The van der Waals surface area contributed by atoms with E-state index in [1.54, 1.807) is 23.8 Å². The number of imidazole rings is 1. The molecule has 3 aromatic heterocycles. The first-order chi connectivity index (χ1) is 10.1. The molecular weight excluding hydrogens is 314 g/mol. The van der Waals surface area contributed by atoms with Crippen molar-refractivity contribution in [2.45, 2.75) is 11.6 Å². The number of thiazole rings is 1. The van der Waals surface area contributed by atoms with E-state index in [-0.39, 0.29) is 17.4 Å². The first-order valence-electron chi connectivity index (χ1n) is 5.78. The molecule has 0 fully saturated rings. The molecule has 11 heteroatoms. The minimum absolute atomic E-state index is 0.0321. The molecule has 0 saturated heterocycles. The fraction of sp³-hybridized carbons (Fsp3) is 0.100. The number of hydrogen-bond acceptors (Lipinski definition) is 8. The quantitative estimate of drug-likeness (QED) is 0.443. The van der Waals surface area contributed by atoms with Crippen LogP contribution in [0.1, 0.15) is 5.69 Å². The molecule has 0 aliphatic rings. The summed E-state index contributed by atoms with van der Waals surface area (Å²) >= 11 is 1.31. The normalized spacial score (nSPS) is 11.9. The molecule has 0 aliphatic carbocycles. The number of nitrogens with two attached hydrogens (primary N) is 1. The maximum absolute atomic E-state index is 12.5. The van der Waals surface area contributed by atoms with Gasteiger partial charge in [0.15, 0.2) is 10.8 Å². The number of nitrogens with zero attached hydrogens (tertiary/aromatic N) is 4. The zero-order valence-corrected chi connectivity index (χ0v) is 12.2. The molecule has 9 nitrogen and oxygen atoms in total. The van der Waals surface area contributed by atoms with Crippen molar-refractivity contribution in [3.63, 3.8) is 0 Å². The van der Waals surface area contributed by atoms with Gasteiger partial charge in [-0.2, -0.15) is 4.98 Å². The van der Waals surface area contributed by atoms with Crippen molar-refractivity contribution in [2.75, 3.05) is 5.43 Å². The molecule has 110 valence electrons. The van der Waals surface area contributed by atoms with Crippen molar-refractivity contribution in [2.24, 2.45) is 5.84 Å². The van der Waals surface area contributed by atoms with Crippen molar-refractivity contribution >= 4 is 32.1 Å². The lowest BCUT2D eigenvalue weighted by Crippen LogP contribution is -2.26. The molecule has 0 aliphatic heterocycles. The maximum atomic E-state index is 12.5. The van der Waals surface area contributed by atoms with Crippen molar-refractivity contribution in [1.82, 2.24) is 24.1 Å². The highest BCUT2D eigenvalue weighted by Crippen LogP contribution is 2.24. The van der Waals surface area contributed by atoms with E-state index in [4.69, 9.17) is 5.84 Å². The summed E-state index contributed by atoms with van der Waals surface area (Å²) in [4.78, 5) is 12.4. The molecule has 3 rings (SSSR count). The van der Waals surface area contributed by atoms with Gasteiger partial charge in [0.2, 0.25) is 5.03 Å². The lowest BCUT2D eigenvalue weighted by atomic mass is 10.4. The third kappa shape index (κ3) is 2.58. The Kier molecular flexibility index (Phi) is 3.55. The lowest BCUT2D eigenvalue weighted by molar-refractivity contribution is 0.576. The SMILES string of the molecule is NNc1nc2sccn2c1S(=O)(=O)NCc1ccncn1. The summed E-state index contributed by atoms with van der Waals surface area (Å²) in [5.41, 5.74) is 2.86. The first kappa shape index (κ1) is 13.9. The number of nitrogen functional groups attached to an aromatic ring is 1. The third-order valence-electron chi connectivity index (χ3n) is 2.70. The molecule has 3 heterocycles. The van der Waals surface area contributed by atoms with Crippen molar-refractivity contribution in [3.05, 3.63) is 35.9 Å². The van der Waals surface area contributed by atoms with Crippen LogP contribution in [0.4, 0.5) is 5.82 Å².